The molecular weight excluding hydrogens is 262 g/mol. The van der Waals surface area contributed by atoms with Gasteiger partial charge in [-0.15, -0.1) is 0 Å². The molecule has 0 aliphatic rings. The number of carbonyl (C=O) groups excluding carboxylic acids is 1. The van der Waals surface area contributed by atoms with E-state index in [-0.39, 0.29) is 5.78 Å². The lowest BCUT2D eigenvalue weighted by Gasteiger charge is -2.12. The summed E-state index contributed by atoms with van der Waals surface area (Å²) in [4.78, 5) is 20.6. The second kappa shape index (κ2) is 5.28. The van der Waals surface area contributed by atoms with E-state index >= 15 is 0 Å². The van der Waals surface area contributed by atoms with Crippen LogP contribution in [0.4, 0.5) is 0 Å². The van der Waals surface area contributed by atoms with Crippen LogP contribution in [0.25, 0.3) is 21.9 Å². The van der Waals surface area contributed by atoms with Gasteiger partial charge in [-0.25, -0.2) is 4.98 Å². The van der Waals surface area contributed by atoms with Gasteiger partial charge in [-0.2, -0.15) is 0 Å². The first kappa shape index (κ1) is 13.7. The molecule has 0 radical (unpaired) electrons. The highest BCUT2D eigenvalue weighted by atomic mass is 16.1. The minimum absolute atomic E-state index is 0.132. The highest BCUT2D eigenvalue weighted by molar-refractivity contribution is 6.02. The van der Waals surface area contributed by atoms with Crippen LogP contribution in [0.15, 0.2) is 30.5 Å². The highest BCUT2D eigenvalue weighted by Crippen LogP contribution is 2.25. The molecule has 0 aliphatic carbocycles. The Bertz CT molecular complexity index is 817. The van der Waals surface area contributed by atoms with Crippen molar-refractivity contribution in [3.05, 3.63) is 36.3 Å². The normalized spacial score (nSPS) is 11.6. The molecule has 2 heterocycles. The van der Waals surface area contributed by atoms with Crippen molar-refractivity contribution >= 4 is 27.7 Å². The molecule has 108 valence electrons. The first-order valence-corrected chi connectivity index (χ1v) is 7.28. The molecular formula is C17H19N3O. The van der Waals surface area contributed by atoms with E-state index in [1.807, 2.05) is 18.2 Å². The third-order valence-electron chi connectivity index (χ3n) is 3.51. The molecule has 0 saturated carbocycles. The summed E-state index contributed by atoms with van der Waals surface area (Å²) in [6, 6.07) is 8.08. The second-order valence-corrected chi connectivity index (χ2v) is 5.92. The van der Waals surface area contributed by atoms with Crippen molar-refractivity contribution in [2.45, 2.75) is 33.7 Å². The Hall–Kier alpha value is -2.23. The van der Waals surface area contributed by atoms with E-state index in [2.05, 4.69) is 34.4 Å². The summed E-state index contributed by atoms with van der Waals surface area (Å²) in [6.45, 7) is 6.81. The van der Waals surface area contributed by atoms with Gasteiger partial charge in [0.1, 0.15) is 17.1 Å². The minimum Gasteiger partial charge on any atom is -0.327 e. The molecule has 0 aliphatic heterocycles. The standard InChI is InChI=1S/C17H19N3O/c1-11(2)10-20-16(8-12(3)21)19-15-9-18-14-7-5-4-6-13(14)17(15)20/h4-7,9,11H,8,10H2,1-3H3. The van der Waals surface area contributed by atoms with E-state index in [9.17, 15) is 4.79 Å². The Morgan fingerprint density at radius 2 is 2.00 bits per heavy atom. The lowest BCUT2D eigenvalue weighted by Crippen LogP contribution is -2.11. The summed E-state index contributed by atoms with van der Waals surface area (Å²) in [6.07, 6.45) is 2.17. The average molecular weight is 281 g/mol. The maximum atomic E-state index is 11.5. The average Bonchev–Trinajstić information content (AvgIpc) is 2.75. The van der Waals surface area contributed by atoms with Crippen molar-refractivity contribution in [3.8, 4) is 0 Å². The van der Waals surface area contributed by atoms with Crippen molar-refractivity contribution in [1.29, 1.82) is 0 Å². The summed E-state index contributed by atoms with van der Waals surface area (Å²) < 4.78 is 2.19. The van der Waals surface area contributed by atoms with Crippen LogP contribution in [0.3, 0.4) is 0 Å². The lowest BCUT2D eigenvalue weighted by molar-refractivity contribution is -0.116. The lowest BCUT2D eigenvalue weighted by atomic mass is 10.1. The Labute approximate surface area is 123 Å². The summed E-state index contributed by atoms with van der Waals surface area (Å²) >= 11 is 0. The largest absolute Gasteiger partial charge is 0.327 e. The second-order valence-electron chi connectivity index (χ2n) is 5.92. The molecule has 2 aromatic heterocycles. The van der Waals surface area contributed by atoms with Gasteiger partial charge in [-0.05, 0) is 18.9 Å². The molecule has 0 unspecified atom stereocenters. The quantitative estimate of drug-likeness (QED) is 0.736. The predicted octanol–water partition coefficient (Wildman–Crippen LogP) is 3.37. The van der Waals surface area contributed by atoms with Gasteiger partial charge in [0.2, 0.25) is 0 Å². The van der Waals surface area contributed by atoms with Crippen LogP contribution < -0.4 is 0 Å². The molecule has 0 saturated heterocycles. The molecule has 4 heteroatoms. The van der Waals surface area contributed by atoms with Crippen LogP contribution >= 0.6 is 0 Å². The fraction of sp³-hybridized carbons (Fsp3) is 0.353. The number of carbonyl (C=O) groups is 1. The van der Waals surface area contributed by atoms with Gasteiger partial charge in [0.05, 0.1) is 23.7 Å². The number of ketones is 1. The van der Waals surface area contributed by atoms with Crippen LogP contribution in [0.2, 0.25) is 0 Å². The molecule has 0 spiro atoms. The molecule has 3 aromatic rings. The SMILES string of the molecule is CC(=O)Cc1nc2cnc3ccccc3c2n1CC(C)C. The number of hydrogen-bond acceptors (Lipinski definition) is 3. The zero-order chi connectivity index (χ0) is 15.0. The van der Waals surface area contributed by atoms with Gasteiger partial charge >= 0.3 is 0 Å². The van der Waals surface area contributed by atoms with Crippen LogP contribution in [-0.2, 0) is 17.8 Å². The number of Topliss-reactive ketones (excluding diaryl/α,β-unsaturated/α-hetero) is 1. The van der Waals surface area contributed by atoms with Crippen molar-refractivity contribution in [2.75, 3.05) is 0 Å². The fourth-order valence-electron chi connectivity index (χ4n) is 2.73. The first-order chi connectivity index (χ1) is 10.1. The summed E-state index contributed by atoms with van der Waals surface area (Å²) in [7, 11) is 0. The van der Waals surface area contributed by atoms with Crippen LogP contribution in [0, 0.1) is 5.92 Å². The van der Waals surface area contributed by atoms with Crippen LogP contribution in [0.1, 0.15) is 26.6 Å². The number of hydrogen-bond donors (Lipinski definition) is 0. The number of aromatic nitrogens is 3. The van der Waals surface area contributed by atoms with Crippen molar-refractivity contribution in [1.82, 2.24) is 14.5 Å². The van der Waals surface area contributed by atoms with Gasteiger partial charge < -0.3 is 4.57 Å². The molecule has 0 fully saturated rings. The Morgan fingerprint density at radius 3 is 2.71 bits per heavy atom. The predicted molar refractivity (Wildman–Crippen MR) is 84.3 cm³/mol. The van der Waals surface area contributed by atoms with Crippen LogP contribution in [0.5, 0.6) is 0 Å². The topological polar surface area (TPSA) is 47.8 Å². The summed E-state index contributed by atoms with van der Waals surface area (Å²) in [5.41, 5.74) is 2.92. The molecule has 3 rings (SSSR count). The Kier molecular flexibility index (Phi) is 3.45. The zero-order valence-electron chi connectivity index (χ0n) is 12.6. The molecule has 0 bridgehead atoms. The van der Waals surface area contributed by atoms with Gasteiger partial charge in [0, 0.05) is 11.9 Å². The van der Waals surface area contributed by atoms with E-state index < -0.39 is 0 Å². The molecule has 21 heavy (non-hydrogen) atoms. The van der Waals surface area contributed by atoms with E-state index in [1.54, 1.807) is 13.1 Å². The number of rotatable bonds is 4. The van der Waals surface area contributed by atoms with Crippen molar-refractivity contribution < 1.29 is 4.79 Å². The first-order valence-electron chi connectivity index (χ1n) is 7.28. The van der Waals surface area contributed by atoms with E-state index in [4.69, 9.17) is 0 Å². The van der Waals surface area contributed by atoms with E-state index in [0.29, 0.717) is 12.3 Å². The molecule has 1 aromatic carbocycles. The van der Waals surface area contributed by atoms with E-state index in [0.717, 1.165) is 34.3 Å². The van der Waals surface area contributed by atoms with E-state index in [1.165, 1.54) is 0 Å². The van der Waals surface area contributed by atoms with Crippen molar-refractivity contribution in [3.63, 3.8) is 0 Å². The number of fused-ring (bicyclic) bond motifs is 3. The molecule has 4 nitrogen and oxygen atoms in total. The maximum Gasteiger partial charge on any atom is 0.137 e. The fourth-order valence-corrected chi connectivity index (χ4v) is 2.73. The third-order valence-corrected chi connectivity index (χ3v) is 3.51. The van der Waals surface area contributed by atoms with Crippen LogP contribution in [-0.4, -0.2) is 20.3 Å². The number of nitrogens with zero attached hydrogens (tertiary/aromatic N) is 3. The minimum atomic E-state index is 0.132. The van der Waals surface area contributed by atoms with Gasteiger partial charge in [-0.1, -0.05) is 32.0 Å². The number of pyridine rings is 1. The monoisotopic (exact) mass is 281 g/mol. The summed E-state index contributed by atoms with van der Waals surface area (Å²) in [5.74, 6) is 1.46. The Morgan fingerprint density at radius 1 is 1.24 bits per heavy atom. The zero-order valence-corrected chi connectivity index (χ0v) is 12.6. The van der Waals surface area contributed by atoms with Crippen molar-refractivity contribution in [2.24, 2.45) is 5.92 Å². The van der Waals surface area contributed by atoms with Gasteiger partial charge in [0.15, 0.2) is 0 Å². The summed E-state index contributed by atoms with van der Waals surface area (Å²) in [5, 5.41) is 1.10. The van der Waals surface area contributed by atoms with Gasteiger partial charge in [0.25, 0.3) is 0 Å². The highest BCUT2D eigenvalue weighted by Gasteiger charge is 2.16. The smallest absolute Gasteiger partial charge is 0.137 e. The molecule has 0 atom stereocenters. The van der Waals surface area contributed by atoms with Gasteiger partial charge in [-0.3, -0.25) is 9.78 Å². The number of para-hydroxylation sites is 1. The number of benzene rings is 1. The number of imidazole rings is 1. The molecule has 0 amide bonds. The Balaban J connectivity index is 2.33. The maximum absolute atomic E-state index is 11.5. The molecule has 0 N–H and O–H groups in total. The third kappa shape index (κ3) is 2.53.